The fourth-order valence-corrected chi connectivity index (χ4v) is 3.75. The largest absolute Gasteiger partial charge is 0.389 e. The Balaban J connectivity index is 1.46. The van der Waals surface area contributed by atoms with Gasteiger partial charge in [0, 0.05) is 38.6 Å². The van der Waals surface area contributed by atoms with Crippen LogP contribution in [0.5, 0.6) is 0 Å². The van der Waals surface area contributed by atoms with Crippen LogP contribution in [-0.4, -0.2) is 81.7 Å². The van der Waals surface area contributed by atoms with Gasteiger partial charge in [-0.25, -0.2) is 4.98 Å². The summed E-state index contributed by atoms with van der Waals surface area (Å²) in [4.78, 5) is 21.3. The summed E-state index contributed by atoms with van der Waals surface area (Å²) in [5, 5.41) is 10.6. The molecule has 2 aromatic rings. The first kappa shape index (κ1) is 16.8. The van der Waals surface area contributed by atoms with Gasteiger partial charge in [0.2, 0.25) is 0 Å². The lowest BCUT2D eigenvalue weighted by atomic mass is 10.2. The molecule has 0 radical (unpaired) electrons. The molecule has 2 aliphatic heterocycles. The first-order valence-electron chi connectivity index (χ1n) is 8.55. The topological polar surface area (TPSA) is 70.3 Å². The standard InChI is InChI=1S/C17H21ClN4O3/c18-12-2-3-16-19-13(9-22(16)8-12)17(24)21-5-1-4-20(6-7-21)14-10-25-11-15(14)23/h2-3,8-9,14-15,23H,1,4-7,10-11H2/t14-,15-/m1/s1. The number of ether oxygens (including phenoxy) is 1. The number of aliphatic hydroxyl groups is 1. The molecule has 2 aliphatic rings. The van der Waals surface area contributed by atoms with Gasteiger partial charge >= 0.3 is 0 Å². The smallest absolute Gasteiger partial charge is 0.274 e. The minimum Gasteiger partial charge on any atom is -0.389 e. The average molecular weight is 365 g/mol. The molecule has 0 bridgehead atoms. The summed E-state index contributed by atoms with van der Waals surface area (Å²) in [7, 11) is 0. The van der Waals surface area contributed by atoms with Gasteiger partial charge in [0.25, 0.3) is 5.91 Å². The van der Waals surface area contributed by atoms with Crippen LogP contribution < -0.4 is 0 Å². The van der Waals surface area contributed by atoms with Crippen molar-refractivity contribution in [3.05, 3.63) is 35.2 Å². The Morgan fingerprint density at radius 3 is 2.88 bits per heavy atom. The maximum Gasteiger partial charge on any atom is 0.274 e. The minimum atomic E-state index is -0.439. The number of nitrogens with zero attached hydrogens (tertiary/aromatic N) is 4. The van der Waals surface area contributed by atoms with Crippen LogP contribution in [0.2, 0.25) is 5.02 Å². The molecule has 25 heavy (non-hydrogen) atoms. The molecule has 0 unspecified atom stereocenters. The van der Waals surface area contributed by atoms with E-state index >= 15 is 0 Å². The molecule has 134 valence electrons. The van der Waals surface area contributed by atoms with E-state index in [0.717, 1.165) is 19.5 Å². The summed E-state index contributed by atoms with van der Waals surface area (Å²) < 4.78 is 7.12. The number of imidazole rings is 1. The number of aliphatic hydroxyl groups excluding tert-OH is 1. The van der Waals surface area contributed by atoms with E-state index in [0.29, 0.717) is 42.7 Å². The third kappa shape index (κ3) is 3.37. The molecule has 0 aliphatic carbocycles. The molecule has 7 nitrogen and oxygen atoms in total. The van der Waals surface area contributed by atoms with E-state index in [9.17, 15) is 9.90 Å². The lowest BCUT2D eigenvalue weighted by molar-refractivity contribution is 0.0721. The van der Waals surface area contributed by atoms with Crippen LogP contribution in [0.15, 0.2) is 24.5 Å². The number of amides is 1. The Morgan fingerprint density at radius 1 is 1.20 bits per heavy atom. The third-order valence-electron chi connectivity index (χ3n) is 4.94. The Bertz CT molecular complexity index is 780. The van der Waals surface area contributed by atoms with Crippen molar-refractivity contribution in [3.63, 3.8) is 0 Å². The van der Waals surface area contributed by atoms with Gasteiger partial charge in [-0.15, -0.1) is 0 Å². The maximum atomic E-state index is 12.8. The zero-order valence-corrected chi connectivity index (χ0v) is 14.6. The van der Waals surface area contributed by atoms with E-state index in [1.165, 1.54) is 0 Å². The third-order valence-corrected chi connectivity index (χ3v) is 5.17. The summed E-state index contributed by atoms with van der Waals surface area (Å²) in [6, 6.07) is 3.59. The molecule has 0 saturated carbocycles. The number of pyridine rings is 1. The highest BCUT2D eigenvalue weighted by Crippen LogP contribution is 2.18. The molecule has 2 atom stereocenters. The first-order chi connectivity index (χ1) is 12.1. The van der Waals surface area contributed by atoms with Gasteiger partial charge in [-0.1, -0.05) is 11.6 Å². The number of aromatic nitrogens is 2. The number of carbonyl (C=O) groups is 1. The van der Waals surface area contributed by atoms with Gasteiger partial charge in [0.15, 0.2) is 0 Å². The lowest BCUT2D eigenvalue weighted by Crippen LogP contribution is -2.45. The van der Waals surface area contributed by atoms with E-state index in [2.05, 4.69) is 9.88 Å². The van der Waals surface area contributed by atoms with Crippen LogP contribution in [0.25, 0.3) is 5.65 Å². The zero-order valence-electron chi connectivity index (χ0n) is 13.8. The highest BCUT2D eigenvalue weighted by Gasteiger charge is 2.33. The van der Waals surface area contributed by atoms with Crippen molar-refractivity contribution in [1.29, 1.82) is 0 Å². The van der Waals surface area contributed by atoms with Gasteiger partial charge in [-0.2, -0.15) is 0 Å². The number of hydrogen-bond acceptors (Lipinski definition) is 5. The number of carbonyl (C=O) groups excluding carboxylic acids is 1. The highest BCUT2D eigenvalue weighted by molar-refractivity contribution is 6.30. The normalized spacial score (nSPS) is 25.4. The fraction of sp³-hybridized carbons (Fsp3) is 0.529. The Morgan fingerprint density at radius 2 is 2.08 bits per heavy atom. The van der Waals surface area contributed by atoms with Crippen LogP contribution >= 0.6 is 11.6 Å². The van der Waals surface area contributed by atoms with Gasteiger partial charge in [0.1, 0.15) is 11.3 Å². The van der Waals surface area contributed by atoms with Gasteiger partial charge in [0.05, 0.1) is 30.4 Å². The molecular weight excluding hydrogens is 344 g/mol. The SMILES string of the molecule is O=C(c1cn2cc(Cl)ccc2n1)N1CCCN([C@@H]2COC[C@H]2O)CC1. The van der Waals surface area contributed by atoms with Gasteiger partial charge < -0.3 is 19.1 Å². The molecule has 2 saturated heterocycles. The first-order valence-corrected chi connectivity index (χ1v) is 8.93. The summed E-state index contributed by atoms with van der Waals surface area (Å²) in [6.07, 6.45) is 3.90. The number of rotatable bonds is 2. The Hall–Kier alpha value is -1.67. The van der Waals surface area contributed by atoms with Crippen LogP contribution in [0.3, 0.4) is 0 Å². The number of hydrogen-bond donors (Lipinski definition) is 1. The van der Waals surface area contributed by atoms with Gasteiger partial charge in [-0.3, -0.25) is 9.69 Å². The van der Waals surface area contributed by atoms with Crippen molar-refractivity contribution in [2.45, 2.75) is 18.6 Å². The molecule has 4 rings (SSSR count). The monoisotopic (exact) mass is 364 g/mol. The van der Waals surface area contributed by atoms with E-state index in [1.54, 1.807) is 28.9 Å². The molecule has 2 aromatic heterocycles. The molecule has 8 heteroatoms. The molecule has 0 spiro atoms. The fourth-order valence-electron chi connectivity index (χ4n) is 3.58. The van der Waals surface area contributed by atoms with Crippen molar-refractivity contribution < 1.29 is 14.6 Å². The van der Waals surface area contributed by atoms with Crippen LogP contribution in [0.4, 0.5) is 0 Å². The van der Waals surface area contributed by atoms with Crippen molar-refractivity contribution in [2.75, 3.05) is 39.4 Å². The zero-order chi connectivity index (χ0) is 17.4. The molecule has 1 amide bonds. The average Bonchev–Trinajstić information content (AvgIpc) is 3.13. The van der Waals surface area contributed by atoms with Crippen molar-refractivity contribution in [2.24, 2.45) is 0 Å². The van der Waals surface area contributed by atoms with Crippen LogP contribution in [0.1, 0.15) is 16.9 Å². The second-order valence-corrected chi connectivity index (χ2v) is 7.03. The van der Waals surface area contributed by atoms with E-state index in [4.69, 9.17) is 16.3 Å². The minimum absolute atomic E-state index is 0.0346. The highest BCUT2D eigenvalue weighted by atomic mass is 35.5. The Kier molecular flexibility index (Phi) is 4.64. The predicted octanol–water partition coefficient (Wildman–Crippen LogP) is 0.895. The van der Waals surface area contributed by atoms with E-state index in [-0.39, 0.29) is 11.9 Å². The van der Waals surface area contributed by atoms with Gasteiger partial charge in [-0.05, 0) is 18.6 Å². The van der Waals surface area contributed by atoms with Crippen LogP contribution in [-0.2, 0) is 4.74 Å². The quantitative estimate of drug-likeness (QED) is 0.857. The summed E-state index contributed by atoms with van der Waals surface area (Å²) >= 11 is 5.99. The summed E-state index contributed by atoms with van der Waals surface area (Å²) in [5.41, 5.74) is 1.13. The molecular formula is C17H21ClN4O3. The second-order valence-electron chi connectivity index (χ2n) is 6.59. The van der Waals surface area contributed by atoms with Crippen molar-refractivity contribution >= 4 is 23.2 Å². The van der Waals surface area contributed by atoms with Crippen LogP contribution in [0, 0.1) is 0 Å². The predicted molar refractivity (Wildman–Crippen MR) is 92.9 cm³/mol. The number of halogens is 1. The second kappa shape index (κ2) is 6.92. The lowest BCUT2D eigenvalue weighted by Gasteiger charge is -2.28. The summed E-state index contributed by atoms with van der Waals surface area (Å²) in [5.74, 6) is -0.0649. The van der Waals surface area contributed by atoms with Crippen molar-refractivity contribution in [1.82, 2.24) is 19.2 Å². The maximum absolute atomic E-state index is 12.8. The number of fused-ring (bicyclic) bond motifs is 1. The molecule has 4 heterocycles. The molecule has 0 aromatic carbocycles. The van der Waals surface area contributed by atoms with E-state index < -0.39 is 6.10 Å². The van der Waals surface area contributed by atoms with E-state index in [1.807, 2.05) is 4.90 Å². The van der Waals surface area contributed by atoms with Crippen molar-refractivity contribution in [3.8, 4) is 0 Å². The summed E-state index contributed by atoms with van der Waals surface area (Å²) in [6.45, 7) is 3.85. The molecule has 1 N–H and O–H groups in total. The molecule has 2 fully saturated rings. The Labute approximate surface area is 150 Å².